The largest absolute Gasteiger partial charge is 0.316 e. The Balaban J connectivity index is 2.43. The second-order valence-electron chi connectivity index (χ2n) is 2.90. The quantitative estimate of drug-likeness (QED) is 0.723. The maximum atomic E-state index is 3.28. The molecular formula is C11H15NS. The molecule has 0 saturated carbocycles. The Bertz CT molecular complexity index is 279. The molecule has 0 aliphatic carbocycles. The topological polar surface area (TPSA) is 12.0 Å². The minimum absolute atomic E-state index is 0.492. The van der Waals surface area contributed by atoms with Crippen molar-refractivity contribution >= 4 is 11.3 Å². The third-order valence-corrected chi connectivity index (χ3v) is 2.86. The molecule has 0 aliphatic rings. The van der Waals surface area contributed by atoms with Gasteiger partial charge in [0.25, 0.3) is 0 Å². The van der Waals surface area contributed by atoms with Crippen molar-refractivity contribution in [3.8, 4) is 11.8 Å². The van der Waals surface area contributed by atoms with Crippen LogP contribution in [-0.4, -0.2) is 13.1 Å². The average Bonchev–Trinajstić information content (AvgIpc) is 2.64. The highest BCUT2D eigenvalue weighted by Gasteiger charge is 2.05. The molecule has 0 bridgehead atoms. The van der Waals surface area contributed by atoms with E-state index in [-0.39, 0.29) is 0 Å². The summed E-state index contributed by atoms with van der Waals surface area (Å²) >= 11 is 1.81. The lowest BCUT2D eigenvalue weighted by Gasteiger charge is -2.11. The van der Waals surface area contributed by atoms with E-state index >= 15 is 0 Å². The van der Waals surface area contributed by atoms with Gasteiger partial charge in [0.1, 0.15) is 0 Å². The van der Waals surface area contributed by atoms with E-state index in [0.29, 0.717) is 6.04 Å². The second-order valence-corrected chi connectivity index (χ2v) is 3.93. The first kappa shape index (κ1) is 10.3. The molecule has 1 N–H and O–H groups in total. The molecule has 0 aromatic carbocycles. The van der Waals surface area contributed by atoms with Gasteiger partial charge in [-0.2, -0.15) is 0 Å². The summed E-state index contributed by atoms with van der Waals surface area (Å²) < 4.78 is 0. The van der Waals surface area contributed by atoms with Crippen molar-refractivity contribution < 1.29 is 0 Å². The van der Waals surface area contributed by atoms with Gasteiger partial charge < -0.3 is 5.32 Å². The van der Waals surface area contributed by atoms with Gasteiger partial charge in [-0.25, -0.2) is 0 Å². The zero-order valence-electron chi connectivity index (χ0n) is 8.13. The SMILES string of the molecule is CC#CCC(Cc1cccs1)NC. The zero-order valence-corrected chi connectivity index (χ0v) is 8.95. The fourth-order valence-corrected chi connectivity index (χ4v) is 1.96. The van der Waals surface area contributed by atoms with E-state index < -0.39 is 0 Å². The van der Waals surface area contributed by atoms with Crippen molar-refractivity contribution in [3.63, 3.8) is 0 Å². The number of hydrogen-bond donors (Lipinski definition) is 1. The van der Waals surface area contributed by atoms with Crippen LogP contribution in [0, 0.1) is 11.8 Å². The lowest BCUT2D eigenvalue weighted by molar-refractivity contribution is 0.577. The van der Waals surface area contributed by atoms with E-state index in [0.717, 1.165) is 12.8 Å². The smallest absolute Gasteiger partial charge is 0.0246 e. The molecule has 70 valence electrons. The average molecular weight is 193 g/mol. The summed E-state index contributed by atoms with van der Waals surface area (Å²) in [6, 6.07) is 4.76. The second kappa shape index (κ2) is 5.80. The molecule has 1 atom stereocenters. The lowest BCUT2D eigenvalue weighted by Crippen LogP contribution is -2.26. The van der Waals surface area contributed by atoms with Crippen LogP contribution in [0.5, 0.6) is 0 Å². The summed E-state index contributed by atoms with van der Waals surface area (Å²) in [5.41, 5.74) is 0. The summed E-state index contributed by atoms with van der Waals surface area (Å²) in [4.78, 5) is 1.43. The van der Waals surface area contributed by atoms with Crippen molar-refractivity contribution in [2.24, 2.45) is 0 Å². The van der Waals surface area contributed by atoms with Gasteiger partial charge >= 0.3 is 0 Å². The first-order valence-corrected chi connectivity index (χ1v) is 5.34. The zero-order chi connectivity index (χ0) is 9.52. The maximum Gasteiger partial charge on any atom is 0.0246 e. The molecule has 0 aliphatic heterocycles. The van der Waals surface area contributed by atoms with Crippen LogP contribution >= 0.6 is 11.3 Å². The number of likely N-dealkylation sites (N-methyl/N-ethyl adjacent to an activating group) is 1. The van der Waals surface area contributed by atoms with E-state index in [1.165, 1.54) is 4.88 Å². The number of thiophene rings is 1. The molecule has 13 heavy (non-hydrogen) atoms. The Morgan fingerprint density at radius 2 is 2.46 bits per heavy atom. The Hall–Kier alpha value is -0.780. The monoisotopic (exact) mass is 193 g/mol. The van der Waals surface area contributed by atoms with Crippen LogP contribution in [0.4, 0.5) is 0 Å². The van der Waals surface area contributed by atoms with Crippen LogP contribution in [0.25, 0.3) is 0 Å². The molecule has 0 radical (unpaired) electrons. The van der Waals surface area contributed by atoms with Crippen LogP contribution in [-0.2, 0) is 6.42 Å². The van der Waals surface area contributed by atoms with Gasteiger partial charge in [0, 0.05) is 17.3 Å². The normalized spacial score (nSPS) is 11.8. The van der Waals surface area contributed by atoms with Gasteiger partial charge in [0.05, 0.1) is 0 Å². The molecule has 1 rings (SSSR count). The van der Waals surface area contributed by atoms with Crippen molar-refractivity contribution in [2.45, 2.75) is 25.8 Å². The molecule has 1 aromatic rings. The summed E-state index contributed by atoms with van der Waals surface area (Å²) in [6.07, 6.45) is 2.02. The van der Waals surface area contributed by atoms with Crippen molar-refractivity contribution in [1.29, 1.82) is 0 Å². The third-order valence-electron chi connectivity index (χ3n) is 1.96. The Labute approximate surface area is 84.2 Å². The Kier molecular flexibility index (Phi) is 4.59. The summed E-state index contributed by atoms with van der Waals surface area (Å²) in [6.45, 7) is 1.89. The fraction of sp³-hybridized carbons (Fsp3) is 0.455. The van der Waals surface area contributed by atoms with E-state index in [1.807, 2.05) is 25.3 Å². The molecule has 2 heteroatoms. The van der Waals surface area contributed by atoms with Gasteiger partial charge in [-0.05, 0) is 31.8 Å². The number of hydrogen-bond acceptors (Lipinski definition) is 2. The minimum Gasteiger partial charge on any atom is -0.316 e. The van der Waals surface area contributed by atoms with Crippen LogP contribution in [0.3, 0.4) is 0 Å². The van der Waals surface area contributed by atoms with Crippen molar-refractivity contribution in [3.05, 3.63) is 22.4 Å². The van der Waals surface area contributed by atoms with E-state index in [4.69, 9.17) is 0 Å². The van der Waals surface area contributed by atoms with Gasteiger partial charge in [-0.1, -0.05) is 6.07 Å². The highest BCUT2D eigenvalue weighted by Crippen LogP contribution is 2.12. The van der Waals surface area contributed by atoms with Crippen LogP contribution in [0.1, 0.15) is 18.2 Å². The standard InChI is InChI=1S/C11H15NS/c1-3-4-6-10(12-2)9-11-7-5-8-13-11/h5,7-8,10,12H,6,9H2,1-2H3. The molecule has 0 fully saturated rings. The summed E-state index contributed by atoms with van der Waals surface area (Å²) in [5.74, 6) is 6.03. The van der Waals surface area contributed by atoms with Gasteiger partial charge in [-0.15, -0.1) is 23.2 Å². The Morgan fingerprint density at radius 1 is 1.62 bits per heavy atom. The lowest BCUT2D eigenvalue weighted by atomic mass is 10.1. The summed E-state index contributed by atoms with van der Waals surface area (Å²) in [5, 5.41) is 5.40. The molecule has 1 aromatic heterocycles. The molecule has 1 nitrogen and oxygen atoms in total. The van der Waals surface area contributed by atoms with Gasteiger partial charge in [0.15, 0.2) is 0 Å². The Morgan fingerprint density at radius 3 is 3.00 bits per heavy atom. The predicted octanol–water partition coefficient (Wildman–Crippen LogP) is 2.29. The van der Waals surface area contributed by atoms with E-state index in [9.17, 15) is 0 Å². The minimum atomic E-state index is 0.492. The molecule has 1 unspecified atom stereocenters. The maximum absolute atomic E-state index is 3.28. The number of nitrogens with one attached hydrogen (secondary N) is 1. The molecule has 0 amide bonds. The first-order valence-electron chi connectivity index (χ1n) is 4.46. The molecule has 1 heterocycles. The van der Waals surface area contributed by atoms with Crippen molar-refractivity contribution in [1.82, 2.24) is 5.32 Å². The molecule has 0 spiro atoms. The number of rotatable bonds is 4. The molecule has 0 saturated heterocycles. The third kappa shape index (κ3) is 3.63. The van der Waals surface area contributed by atoms with E-state index in [1.54, 1.807) is 0 Å². The van der Waals surface area contributed by atoms with Crippen molar-refractivity contribution in [2.75, 3.05) is 7.05 Å². The fourth-order valence-electron chi connectivity index (χ4n) is 1.17. The van der Waals surface area contributed by atoms with Crippen LogP contribution in [0.15, 0.2) is 17.5 Å². The van der Waals surface area contributed by atoms with E-state index in [2.05, 4.69) is 34.7 Å². The van der Waals surface area contributed by atoms with Crippen LogP contribution in [0.2, 0.25) is 0 Å². The predicted molar refractivity (Wildman–Crippen MR) is 58.9 cm³/mol. The molecular weight excluding hydrogens is 178 g/mol. The van der Waals surface area contributed by atoms with Crippen LogP contribution < -0.4 is 5.32 Å². The summed E-state index contributed by atoms with van der Waals surface area (Å²) in [7, 11) is 2.00. The highest BCUT2D eigenvalue weighted by atomic mass is 32.1. The van der Waals surface area contributed by atoms with Gasteiger partial charge in [0.2, 0.25) is 0 Å². The highest BCUT2D eigenvalue weighted by molar-refractivity contribution is 7.09. The van der Waals surface area contributed by atoms with Gasteiger partial charge in [-0.3, -0.25) is 0 Å². The first-order chi connectivity index (χ1) is 6.36.